The molecule has 0 amide bonds. The molecule has 0 atom stereocenters. The molecule has 0 aliphatic heterocycles. The first-order valence-corrected chi connectivity index (χ1v) is 6.72. The van der Waals surface area contributed by atoms with E-state index in [0.29, 0.717) is 12.0 Å². The van der Waals surface area contributed by atoms with Gasteiger partial charge in [-0.25, -0.2) is 14.6 Å². The molecule has 4 nitrogen and oxygen atoms in total. The molecule has 100 valence electrons. The van der Waals surface area contributed by atoms with E-state index in [9.17, 15) is 0 Å². The molecule has 2 rings (SSSR count). The van der Waals surface area contributed by atoms with Crippen molar-refractivity contribution in [1.29, 1.82) is 0 Å². The SMILES string of the molecule is CC.Cc1nc(C(C)C)c2cnn(C(C)C)c2n1. The molecule has 18 heavy (non-hydrogen) atoms. The number of hydrogen-bond acceptors (Lipinski definition) is 3. The van der Waals surface area contributed by atoms with Crippen molar-refractivity contribution in [1.82, 2.24) is 19.7 Å². The number of aryl methyl sites for hydroxylation is 1. The first-order valence-electron chi connectivity index (χ1n) is 6.72. The van der Waals surface area contributed by atoms with Gasteiger partial charge >= 0.3 is 0 Å². The van der Waals surface area contributed by atoms with Crippen LogP contribution in [0.2, 0.25) is 0 Å². The molecule has 0 saturated carbocycles. The van der Waals surface area contributed by atoms with Crippen molar-refractivity contribution in [2.45, 2.75) is 60.4 Å². The topological polar surface area (TPSA) is 43.6 Å². The molecule has 0 unspecified atom stereocenters. The van der Waals surface area contributed by atoms with Gasteiger partial charge in [0.2, 0.25) is 0 Å². The molecule has 0 bridgehead atoms. The third kappa shape index (κ3) is 2.68. The first-order chi connectivity index (χ1) is 8.50. The smallest absolute Gasteiger partial charge is 0.161 e. The average molecular weight is 248 g/mol. The lowest BCUT2D eigenvalue weighted by molar-refractivity contribution is 0.545. The highest BCUT2D eigenvalue weighted by Gasteiger charge is 2.14. The molecule has 0 aliphatic rings. The van der Waals surface area contributed by atoms with Gasteiger partial charge in [0.1, 0.15) is 5.82 Å². The Labute approximate surface area is 109 Å². The summed E-state index contributed by atoms with van der Waals surface area (Å²) in [5.74, 6) is 1.22. The summed E-state index contributed by atoms with van der Waals surface area (Å²) in [7, 11) is 0. The van der Waals surface area contributed by atoms with Gasteiger partial charge in [-0.15, -0.1) is 0 Å². The molecular formula is C14H24N4. The normalized spacial score (nSPS) is 10.9. The maximum atomic E-state index is 4.51. The van der Waals surface area contributed by atoms with Gasteiger partial charge in [-0.1, -0.05) is 27.7 Å². The van der Waals surface area contributed by atoms with Gasteiger partial charge in [0.15, 0.2) is 5.65 Å². The Hall–Kier alpha value is -1.45. The monoisotopic (exact) mass is 248 g/mol. The highest BCUT2D eigenvalue weighted by atomic mass is 15.3. The predicted octanol–water partition coefficient (Wildman–Crippen LogP) is 3.87. The van der Waals surface area contributed by atoms with Crippen LogP contribution >= 0.6 is 0 Å². The van der Waals surface area contributed by atoms with Gasteiger partial charge in [-0.2, -0.15) is 5.10 Å². The van der Waals surface area contributed by atoms with Crippen LogP contribution < -0.4 is 0 Å². The van der Waals surface area contributed by atoms with Crippen LogP contribution in [-0.2, 0) is 0 Å². The Balaban J connectivity index is 0.000000771. The van der Waals surface area contributed by atoms with Crippen molar-refractivity contribution in [3.8, 4) is 0 Å². The van der Waals surface area contributed by atoms with Crippen molar-refractivity contribution < 1.29 is 0 Å². The third-order valence-electron chi connectivity index (χ3n) is 2.63. The van der Waals surface area contributed by atoms with Crippen molar-refractivity contribution in [2.24, 2.45) is 0 Å². The van der Waals surface area contributed by atoms with Gasteiger partial charge in [-0.3, -0.25) is 0 Å². The minimum Gasteiger partial charge on any atom is -0.245 e. The Morgan fingerprint density at radius 3 is 2.17 bits per heavy atom. The Bertz CT molecular complexity index is 512. The molecule has 2 heterocycles. The second kappa shape index (κ2) is 5.94. The van der Waals surface area contributed by atoms with E-state index in [4.69, 9.17) is 0 Å². The lowest BCUT2D eigenvalue weighted by Gasteiger charge is -2.09. The number of fused-ring (bicyclic) bond motifs is 1. The molecule has 0 aromatic carbocycles. The minimum atomic E-state index is 0.326. The second-order valence-corrected chi connectivity index (χ2v) is 4.73. The summed E-state index contributed by atoms with van der Waals surface area (Å²) in [5.41, 5.74) is 2.04. The fourth-order valence-electron chi connectivity index (χ4n) is 1.88. The number of nitrogens with zero attached hydrogens (tertiary/aromatic N) is 4. The Morgan fingerprint density at radius 1 is 1.06 bits per heavy atom. The van der Waals surface area contributed by atoms with Crippen molar-refractivity contribution >= 4 is 11.0 Å². The summed E-state index contributed by atoms with van der Waals surface area (Å²) in [6.07, 6.45) is 1.88. The highest BCUT2D eigenvalue weighted by Crippen LogP contribution is 2.23. The zero-order valence-corrected chi connectivity index (χ0v) is 12.5. The maximum Gasteiger partial charge on any atom is 0.161 e. The van der Waals surface area contributed by atoms with Gasteiger partial charge in [0, 0.05) is 6.04 Å². The highest BCUT2D eigenvalue weighted by molar-refractivity contribution is 5.77. The first kappa shape index (κ1) is 14.6. The van der Waals surface area contributed by atoms with Gasteiger partial charge in [0.05, 0.1) is 17.3 Å². The average Bonchev–Trinajstić information content (AvgIpc) is 2.73. The predicted molar refractivity (Wildman–Crippen MR) is 75.9 cm³/mol. The molecule has 0 spiro atoms. The van der Waals surface area contributed by atoms with Crippen LogP contribution in [0.1, 0.15) is 65.0 Å². The van der Waals surface area contributed by atoms with E-state index in [1.807, 2.05) is 31.6 Å². The van der Waals surface area contributed by atoms with Crippen LogP contribution in [0.5, 0.6) is 0 Å². The van der Waals surface area contributed by atoms with E-state index < -0.39 is 0 Å². The fourth-order valence-corrected chi connectivity index (χ4v) is 1.88. The molecule has 0 fully saturated rings. The summed E-state index contributed by atoms with van der Waals surface area (Å²) < 4.78 is 1.95. The zero-order chi connectivity index (χ0) is 13.9. The summed E-state index contributed by atoms with van der Waals surface area (Å²) >= 11 is 0. The molecule has 2 aromatic rings. The summed E-state index contributed by atoms with van der Waals surface area (Å²) in [6, 6.07) is 0.326. The van der Waals surface area contributed by atoms with E-state index in [1.54, 1.807) is 0 Å². The van der Waals surface area contributed by atoms with Crippen molar-refractivity contribution in [2.75, 3.05) is 0 Å². The van der Waals surface area contributed by atoms with Crippen LogP contribution in [-0.4, -0.2) is 19.7 Å². The molecular weight excluding hydrogens is 224 g/mol. The standard InChI is InChI=1S/C12H18N4.C2H6/c1-7(2)11-10-6-13-16(8(3)4)12(10)15-9(5)14-11;1-2/h6-8H,1-5H3;1-2H3. The van der Waals surface area contributed by atoms with Crippen molar-refractivity contribution in [3.05, 3.63) is 17.7 Å². The molecule has 4 heteroatoms. The van der Waals surface area contributed by atoms with E-state index in [2.05, 4.69) is 42.8 Å². The molecule has 2 aromatic heterocycles. The van der Waals surface area contributed by atoms with Gasteiger partial charge in [0.25, 0.3) is 0 Å². The lowest BCUT2D eigenvalue weighted by Crippen LogP contribution is -2.06. The van der Waals surface area contributed by atoms with Gasteiger partial charge in [-0.05, 0) is 26.7 Å². The van der Waals surface area contributed by atoms with Crippen molar-refractivity contribution in [3.63, 3.8) is 0 Å². The molecule has 0 aliphatic carbocycles. The largest absolute Gasteiger partial charge is 0.245 e. The fraction of sp³-hybridized carbons (Fsp3) is 0.643. The van der Waals surface area contributed by atoms with Gasteiger partial charge < -0.3 is 0 Å². The molecule has 0 radical (unpaired) electrons. The van der Waals surface area contributed by atoms with Crippen LogP contribution in [0.3, 0.4) is 0 Å². The summed E-state index contributed by atoms with van der Waals surface area (Å²) in [5, 5.41) is 5.47. The van der Waals surface area contributed by atoms with Crippen LogP contribution in [0, 0.1) is 6.92 Å². The minimum absolute atomic E-state index is 0.326. The van der Waals surface area contributed by atoms with Crippen LogP contribution in [0.15, 0.2) is 6.20 Å². The van der Waals surface area contributed by atoms with E-state index in [-0.39, 0.29) is 0 Å². The zero-order valence-electron chi connectivity index (χ0n) is 12.5. The Morgan fingerprint density at radius 2 is 1.67 bits per heavy atom. The van der Waals surface area contributed by atoms with E-state index in [0.717, 1.165) is 22.6 Å². The maximum absolute atomic E-state index is 4.51. The second-order valence-electron chi connectivity index (χ2n) is 4.73. The summed E-state index contributed by atoms with van der Waals surface area (Å²) in [4.78, 5) is 9.00. The number of hydrogen-bond donors (Lipinski definition) is 0. The summed E-state index contributed by atoms with van der Waals surface area (Å²) in [6.45, 7) is 14.4. The lowest BCUT2D eigenvalue weighted by atomic mass is 10.1. The molecule has 0 N–H and O–H groups in total. The van der Waals surface area contributed by atoms with Crippen LogP contribution in [0.4, 0.5) is 0 Å². The number of rotatable bonds is 2. The quantitative estimate of drug-likeness (QED) is 0.810. The number of aromatic nitrogens is 4. The van der Waals surface area contributed by atoms with E-state index >= 15 is 0 Å². The van der Waals surface area contributed by atoms with Crippen LogP contribution in [0.25, 0.3) is 11.0 Å². The van der Waals surface area contributed by atoms with E-state index in [1.165, 1.54) is 0 Å². The Kier molecular flexibility index (Phi) is 4.82. The molecule has 0 saturated heterocycles. The third-order valence-corrected chi connectivity index (χ3v) is 2.63.